The minimum absolute atomic E-state index is 0.230. The fourth-order valence-electron chi connectivity index (χ4n) is 3.30. The average molecular weight is 506 g/mol. The minimum Gasteiger partial charge on any atom is -0.490 e. The van der Waals surface area contributed by atoms with Crippen LogP contribution in [0.1, 0.15) is 34.7 Å². The monoisotopic (exact) mass is 505 g/mol. The molecule has 4 rings (SSSR count). The van der Waals surface area contributed by atoms with Crippen molar-refractivity contribution in [2.24, 2.45) is 4.99 Å². The van der Waals surface area contributed by atoms with Gasteiger partial charge in [0.05, 0.1) is 11.1 Å². The molecule has 0 fully saturated rings. The number of aliphatic imine (C=N–C) groups is 1. The third-order valence-corrected chi connectivity index (χ3v) is 5.65. The number of hydrogen-bond acceptors (Lipinski definition) is 5. The summed E-state index contributed by atoms with van der Waals surface area (Å²) in [7, 11) is 0. The lowest BCUT2D eigenvalue weighted by atomic mass is 10.1. The third-order valence-electron chi connectivity index (χ3n) is 5.06. The summed E-state index contributed by atoms with van der Waals surface area (Å²) in [5.74, 6) is 1.00. The van der Waals surface area contributed by atoms with Crippen molar-refractivity contribution < 1.29 is 19.0 Å². The zero-order valence-electron chi connectivity index (χ0n) is 18.7. The Kier molecular flexibility index (Phi) is 6.94. The SMILES string of the molecule is CCOc1cc(/C=C2\N=C(c3ccc(C)cc3)OC2=O)cc(Br)c1OCc1ccc(C)cc1. The maximum absolute atomic E-state index is 12.4. The quantitative estimate of drug-likeness (QED) is 0.275. The summed E-state index contributed by atoms with van der Waals surface area (Å²) in [5, 5.41) is 0. The first-order valence-electron chi connectivity index (χ1n) is 10.7. The molecule has 0 aromatic heterocycles. The van der Waals surface area contributed by atoms with E-state index in [0.717, 1.165) is 26.7 Å². The van der Waals surface area contributed by atoms with Gasteiger partial charge in [-0.15, -0.1) is 0 Å². The van der Waals surface area contributed by atoms with Gasteiger partial charge in [-0.1, -0.05) is 47.5 Å². The van der Waals surface area contributed by atoms with Gasteiger partial charge in [0.2, 0.25) is 5.90 Å². The van der Waals surface area contributed by atoms with Gasteiger partial charge in [0.15, 0.2) is 17.2 Å². The van der Waals surface area contributed by atoms with E-state index in [1.807, 2.05) is 62.4 Å². The van der Waals surface area contributed by atoms with Gasteiger partial charge < -0.3 is 14.2 Å². The van der Waals surface area contributed by atoms with Crippen LogP contribution in [-0.4, -0.2) is 18.5 Å². The zero-order chi connectivity index (χ0) is 23.4. The van der Waals surface area contributed by atoms with Gasteiger partial charge in [-0.3, -0.25) is 0 Å². The summed E-state index contributed by atoms with van der Waals surface area (Å²) in [4.78, 5) is 16.8. The van der Waals surface area contributed by atoms with Gasteiger partial charge in [0, 0.05) is 5.56 Å². The van der Waals surface area contributed by atoms with Crippen molar-refractivity contribution in [3.05, 3.63) is 98.7 Å². The van der Waals surface area contributed by atoms with Crippen molar-refractivity contribution in [1.29, 1.82) is 0 Å². The van der Waals surface area contributed by atoms with Gasteiger partial charge in [0.1, 0.15) is 6.61 Å². The Morgan fingerprint density at radius 3 is 2.30 bits per heavy atom. The van der Waals surface area contributed by atoms with E-state index in [-0.39, 0.29) is 5.70 Å². The van der Waals surface area contributed by atoms with Gasteiger partial charge in [-0.05, 0) is 78.2 Å². The molecule has 0 atom stereocenters. The van der Waals surface area contributed by atoms with Crippen LogP contribution in [0.25, 0.3) is 6.08 Å². The number of benzene rings is 3. The molecule has 0 aliphatic carbocycles. The van der Waals surface area contributed by atoms with E-state index < -0.39 is 5.97 Å². The molecule has 0 bridgehead atoms. The highest BCUT2D eigenvalue weighted by atomic mass is 79.9. The van der Waals surface area contributed by atoms with Gasteiger partial charge in [-0.2, -0.15) is 0 Å². The molecule has 33 heavy (non-hydrogen) atoms. The Labute approximate surface area is 201 Å². The second kappa shape index (κ2) is 10.0. The molecule has 0 saturated heterocycles. The van der Waals surface area contributed by atoms with Gasteiger partial charge in [0.25, 0.3) is 0 Å². The fourth-order valence-corrected chi connectivity index (χ4v) is 3.87. The first kappa shape index (κ1) is 22.8. The summed E-state index contributed by atoms with van der Waals surface area (Å²) in [6.07, 6.45) is 1.68. The highest BCUT2D eigenvalue weighted by molar-refractivity contribution is 9.10. The zero-order valence-corrected chi connectivity index (χ0v) is 20.3. The number of aryl methyl sites for hydroxylation is 2. The first-order chi connectivity index (χ1) is 15.9. The number of rotatable bonds is 7. The molecule has 0 spiro atoms. The Morgan fingerprint density at radius 2 is 1.64 bits per heavy atom. The van der Waals surface area contributed by atoms with Crippen molar-refractivity contribution in [3.63, 3.8) is 0 Å². The van der Waals surface area contributed by atoms with Crippen LogP contribution in [0.4, 0.5) is 0 Å². The Morgan fingerprint density at radius 1 is 0.970 bits per heavy atom. The average Bonchev–Trinajstić information content (AvgIpc) is 3.15. The molecule has 0 amide bonds. The van der Waals surface area contributed by atoms with Crippen molar-refractivity contribution in [2.45, 2.75) is 27.4 Å². The van der Waals surface area contributed by atoms with E-state index in [4.69, 9.17) is 14.2 Å². The topological polar surface area (TPSA) is 57.1 Å². The van der Waals surface area contributed by atoms with Crippen LogP contribution >= 0.6 is 15.9 Å². The Bertz CT molecular complexity index is 1230. The van der Waals surface area contributed by atoms with E-state index in [1.54, 1.807) is 6.08 Å². The van der Waals surface area contributed by atoms with Crippen LogP contribution in [-0.2, 0) is 16.1 Å². The van der Waals surface area contributed by atoms with Crippen molar-refractivity contribution in [2.75, 3.05) is 6.61 Å². The molecular formula is C27H24BrNO4. The second-order valence-corrected chi connectivity index (χ2v) is 8.59. The summed E-state index contributed by atoms with van der Waals surface area (Å²) in [6.45, 7) is 6.85. The van der Waals surface area contributed by atoms with Crippen molar-refractivity contribution in [3.8, 4) is 11.5 Å². The van der Waals surface area contributed by atoms with Crippen LogP contribution in [0.3, 0.4) is 0 Å². The predicted octanol–water partition coefficient (Wildman–Crippen LogP) is 6.39. The van der Waals surface area contributed by atoms with E-state index >= 15 is 0 Å². The molecule has 168 valence electrons. The van der Waals surface area contributed by atoms with E-state index in [0.29, 0.717) is 30.6 Å². The van der Waals surface area contributed by atoms with E-state index in [1.165, 1.54) is 5.56 Å². The number of cyclic esters (lactones) is 1. The summed E-state index contributed by atoms with van der Waals surface area (Å²) >= 11 is 3.59. The maximum atomic E-state index is 12.4. The number of hydrogen-bond donors (Lipinski definition) is 0. The number of carbonyl (C=O) groups excluding carboxylic acids is 1. The maximum Gasteiger partial charge on any atom is 0.363 e. The molecule has 0 N–H and O–H groups in total. The predicted molar refractivity (Wildman–Crippen MR) is 133 cm³/mol. The number of esters is 1. The minimum atomic E-state index is -0.487. The second-order valence-electron chi connectivity index (χ2n) is 7.74. The lowest BCUT2D eigenvalue weighted by molar-refractivity contribution is -0.129. The van der Waals surface area contributed by atoms with E-state index in [9.17, 15) is 4.79 Å². The van der Waals surface area contributed by atoms with E-state index in [2.05, 4.69) is 40.0 Å². The molecule has 1 heterocycles. The standard InChI is InChI=1S/C27H24BrNO4/c1-4-31-24-15-20(13-22(28)25(24)32-16-19-9-5-17(2)6-10-19)14-23-27(30)33-26(29-23)21-11-7-18(3)8-12-21/h5-15H,4,16H2,1-3H3/b23-14-. The largest absolute Gasteiger partial charge is 0.490 e. The Hall–Kier alpha value is -3.38. The molecule has 0 radical (unpaired) electrons. The summed E-state index contributed by atoms with van der Waals surface area (Å²) < 4.78 is 18.0. The molecule has 0 saturated carbocycles. The number of nitrogens with zero attached hydrogens (tertiary/aromatic N) is 1. The molecule has 3 aromatic rings. The molecule has 3 aromatic carbocycles. The highest BCUT2D eigenvalue weighted by Gasteiger charge is 2.24. The smallest absolute Gasteiger partial charge is 0.363 e. The van der Waals surface area contributed by atoms with Gasteiger partial charge in [-0.25, -0.2) is 9.79 Å². The molecule has 0 unspecified atom stereocenters. The first-order valence-corrected chi connectivity index (χ1v) is 11.5. The molecule has 5 nitrogen and oxygen atoms in total. The van der Waals surface area contributed by atoms with Crippen LogP contribution in [0, 0.1) is 13.8 Å². The Balaban J connectivity index is 1.60. The van der Waals surface area contributed by atoms with Crippen molar-refractivity contribution in [1.82, 2.24) is 0 Å². The van der Waals surface area contributed by atoms with Crippen LogP contribution in [0.5, 0.6) is 11.5 Å². The molecule has 1 aliphatic heterocycles. The lowest BCUT2D eigenvalue weighted by Crippen LogP contribution is -2.05. The number of halogens is 1. The number of ether oxygens (including phenoxy) is 3. The molecular weight excluding hydrogens is 482 g/mol. The van der Waals surface area contributed by atoms with Crippen LogP contribution < -0.4 is 9.47 Å². The van der Waals surface area contributed by atoms with Crippen LogP contribution in [0.15, 0.2) is 75.8 Å². The molecule has 6 heteroatoms. The molecule has 1 aliphatic rings. The summed E-state index contributed by atoms with van der Waals surface area (Å²) in [6, 6.07) is 19.6. The lowest BCUT2D eigenvalue weighted by Gasteiger charge is -2.15. The van der Waals surface area contributed by atoms with Gasteiger partial charge >= 0.3 is 5.97 Å². The third kappa shape index (κ3) is 5.52. The fraction of sp³-hybridized carbons (Fsp3) is 0.185. The highest BCUT2D eigenvalue weighted by Crippen LogP contribution is 2.38. The number of carbonyl (C=O) groups is 1. The van der Waals surface area contributed by atoms with Crippen LogP contribution in [0.2, 0.25) is 0 Å². The van der Waals surface area contributed by atoms with Crippen molar-refractivity contribution >= 4 is 33.9 Å². The summed E-state index contributed by atoms with van der Waals surface area (Å²) in [5.41, 5.74) is 5.12. The normalized spacial score (nSPS) is 14.2.